The molecule has 0 bridgehead atoms. The quantitative estimate of drug-likeness (QED) is 0.280. The Hall–Kier alpha value is -2.77. The van der Waals surface area contributed by atoms with E-state index >= 15 is 0 Å². The Morgan fingerprint density at radius 3 is 2.86 bits per heavy atom. The van der Waals surface area contributed by atoms with Crippen LogP contribution in [0, 0.1) is 17.8 Å². The van der Waals surface area contributed by atoms with E-state index in [2.05, 4.69) is 15.9 Å². The third-order valence-corrected chi connectivity index (χ3v) is 3.48. The summed E-state index contributed by atoms with van der Waals surface area (Å²) in [6, 6.07) is 6.47. The van der Waals surface area contributed by atoms with E-state index in [0.717, 1.165) is 5.56 Å². The van der Waals surface area contributed by atoms with Gasteiger partial charge in [0, 0.05) is 10.6 Å². The van der Waals surface area contributed by atoms with Gasteiger partial charge in [0.2, 0.25) is 11.8 Å². The summed E-state index contributed by atoms with van der Waals surface area (Å²) in [6.07, 6.45) is 5.60. The van der Waals surface area contributed by atoms with Gasteiger partial charge in [-0.05, 0) is 31.0 Å². The smallest absolute Gasteiger partial charge is 0.247 e. The van der Waals surface area contributed by atoms with E-state index < -0.39 is 5.41 Å². The molecule has 6 heteroatoms. The van der Waals surface area contributed by atoms with Gasteiger partial charge in [0.25, 0.3) is 0 Å². The first kappa shape index (κ1) is 14.6. The summed E-state index contributed by atoms with van der Waals surface area (Å²) in [6.45, 7) is 3.21. The minimum Gasteiger partial charge on any atom is -0.274 e. The van der Waals surface area contributed by atoms with E-state index in [9.17, 15) is 9.59 Å². The highest BCUT2D eigenvalue weighted by Crippen LogP contribution is 2.38. The van der Waals surface area contributed by atoms with E-state index in [1.807, 2.05) is 0 Å². The minimum atomic E-state index is -1.03. The van der Waals surface area contributed by atoms with Crippen LogP contribution in [0.15, 0.2) is 29.4 Å². The van der Waals surface area contributed by atoms with Crippen LogP contribution in [0.5, 0.6) is 0 Å². The van der Waals surface area contributed by atoms with Gasteiger partial charge in [0.15, 0.2) is 0 Å². The van der Waals surface area contributed by atoms with Crippen molar-refractivity contribution in [3.8, 4) is 12.3 Å². The number of rotatable bonds is 3. The number of benzene rings is 1. The molecule has 2 amide bonds. The molecule has 1 unspecified atom stereocenters. The van der Waals surface area contributed by atoms with Crippen molar-refractivity contribution in [1.82, 2.24) is 4.90 Å². The van der Waals surface area contributed by atoms with Crippen molar-refractivity contribution in [3.05, 3.63) is 40.3 Å². The molecular weight excluding hydrogens is 268 g/mol. The van der Waals surface area contributed by atoms with Gasteiger partial charge in [-0.15, -0.1) is 6.42 Å². The number of β-lactam (4-membered cyclic amide) rings is 1. The number of hydrogen-bond donors (Lipinski definition) is 0. The number of azide groups is 1. The van der Waals surface area contributed by atoms with E-state index in [4.69, 9.17) is 12.0 Å². The van der Waals surface area contributed by atoms with Gasteiger partial charge in [0.1, 0.15) is 5.41 Å². The molecular formula is C15H14N4O2. The monoisotopic (exact) mass is 282 g/mol. The highest BCUT2D eigenvalue weighted by Gasteiger charge is 2.46. The van der Waals surface area contributed by atoms with E-state index in [1.54, 1.807) is 38.1 Å². The Kier molecular flexibility index (Phi) is 3.70. The van der Waals surface area contributed by atoms with Crippen LogP contribution in [0.4, 0.5) is 5.69 Å². The number of likely N-dealkylation sites (tertiary alicyclic amines) is 1. The molecule has 0 aliphatic carbocycles. The summed E-state index contributed by atoms with van der Waals surface area (Å²) in [5.74, 6) is 1.77. The second kappa shape index (κ2) is 5.31. The first-order valence-electron chi connectivity index (χ1n) is 6.40. The number of terminal acetylenes is 1. The molecule has 0 aromatic heterocycles. The lowest BCUT2D eigenvalue weighted by atomic mass is 9.86. The molecule has 2 rings (SSSR count). The molecule has 0 saturated carbocycles. The first-order chi connectivity index (χ1) is 9.90. The molecule has 21 heavy (non-hydrogen) atoms. The molecule has 1 aliphatic heterocycles. The number of amides is 2. The fourth-order valence-electron chi connectivity index (χ4n) is 2.15. The van der Waals surface area contributed by atoms with E-state index in [-0.39, 0.29) is 24.3 Å². The molecule has 0 radical (unpaired) electrons. The summed E-state index contributed by atoms with van der Waals surface area (Å²) in [5.41, 5.74) is 8.62. The van der Waals surface area contributed by atoms with Crippen molar-refractivity contribution in [2.45, 2.75) is 26.3 Å². The maximum Gasteiger partial charge on any atom is 0.247 e. The van der Waals surface area contributed by atoms with Crippen LogP contribution in [0.1, 0.15) is 31.9 Å². The Morgan fingerprint density at radius 2 is 2.29 bits per heavy atom. The molecule has 6 nitrogen and oxygen atoms in total. The normalized spacial score (nSPS) is 17.5. The van der Waals surface area contributed by atoms with Gasteiger partial charge in [-0.25, -0.2) is 0 Å². The van der Waals surface area contributed by atoms with E-state index in [0.29, 0.717) is 5.69 Å². The lowest BCUT2D eigenvalue weighted by molar-refractivity contribution is -0.162. The van der Waals surface area contributed by atoms with Crippen LogP contribution in [-0.2, 0) is 9.59 Å². The average Bonchev–Trinajstić information content (AvgIpc) is 2.45. The standard InChI is InChI=1S/C15H14N4O2/c1-4-15(2,3)14(21)19-12(9-13(19)20)10-6-5-7-11(8-10)17-18-16/h1,5-8,12H,9H2,2-3H3. The zero-order chi connectivity index (χ0) is 15.6. The van der Waals surface area contributed by atoms with E-state index in [1.165, 1.54) is 4.90 Å². The van der Waals surface area contributed by atoms with Crippen LogP contribution >= 0.6 is 0 Å². The predicted molar refractivity (Wildman–Crippen MR) is 77.1 cm³/mol. The predicted octanol–water partition coefficient (Wildman–Crippen LogP) is 3.09. The Bertz CT molecular complexity index is 696. The number of hydrogen-bond acceptors (Lipinski definition) is 3. The molecule has 1 heterocycles. The maximum atomic E-state index is 12.4. The van der Waals surface area contributed by atoms with Gasteiger partial charge < -0.3 is 0 Å². The molecule has 1 atom stereocenters. The van der Waals surface area contributed by atoms with Crippen LogP contribution in [0.2, 0.25) is 0 Å². The Labute approximate surface area is 122 Å². The molecule has 1 fully saturated rings. The molecule has 1 aromatic rings. The molecule has 1 saturated heterocycles. The van der Waals surface area contributed by atoms with Gasteiger partial charge in [-0.3, -0.25) is 14.5 Å². The van der Waals surface area contributed by atoms with Crippen molar-refractivity contribution in [2.75, 3.05) is 0 Å². The fraction of sp³-hybridized carbons (Fsp3) is 0.333. The summed E-state index contributed by atoms with van der Waals surface area (Å²) in [4.78, 5) is 28.1. The highest BCUT2D eigenvalue weighted by molar-refractivity contribution is 6.03. The molecule has 106 valence electrons. The molecule has 0 spiro atoms. The highest BCUT2D eigenvalue weighted by atomic mass is 16.2. The Morgan fingerprint density at radius 1 is 1.57 bits per heavy atom. The van der Waals surface area contributed by atoms with Gasteiger partial charge in [0.05, 0.1) is 12.5 Å². The lowest BCUT2D eigenvalue weighted by Crippen LogP contribution is -2.54. The SMILES string of the molecule is C#CC(C)(C)C(=O)N1C(=O)CC1c1cccc(N=[N+]=[N-])c1. The number of nitrogens with zero attached hydrogens (tertiary/aromatic N) is 4. The first-order valence-corrected chi connectivity index (χ1v) is 6.40. The van der Waals surface area contributed by atoms with Crippen molar-refractivity contribution in [2.24, 2.45) is 10.5 Å². The summed E-state index contributed by atoms with van der Waals surface area (Å²) in [5, 5.41) is 3.52. The van der Waals surface area contributed by atoms with Crippen LogP contribution in [0.25, 0.3) is 10.4 Å². The topological polar surface area (TPSA) is 86.1 Å². The molecule has 0 N–H and O–H groups in total. The van der Waals surface area contributed by atoms with Crippen LogP contribution in [-0.4, -0.2) is 16.7 Å². The molecule has 1 aromatic carbocycles. The number of carbonyl (C=O) groups is 2. The number of carbonyl (C=O) groups excluding carboxylic acids is 2. The third kappa shape index (κ3) is 2.60. The maximum absolute atomic E-state index is 12.4. The zero-order valence-electron chi connectivity index (χ0n) is 11.8. The molecule has 1 aliphatic rings. The van der Waals surface area contributed by atoms with Crippen molar-refractivity contribution < 1.29 is 9.59 Å². The number of imide groups is 1. The summed E-state index contributed by atoms with van der Waals surface area (Å²) >= 11 is 0. The van der Waals surface area contributed by atoms with Gasteiger partial charge in [-0.1, -0.05) is 29.2 Å². The van der Waals surface area contributed by atoms with Crippen LogP contribution in [0.3, 0.4) is 0 Å². The van der Waals surface area contributed by atoms with Crippen molar-refractivity contribution in [3.63, 3.8) is 0 Å². The van der Waals surface area contributed by atoms with Gasteiger partial charge >= 0.3 is 0 Å². The average molecular weight is 282 g/mol. The third-order valence-electron chi connectivity index (χ3n) is 3.48. The van der Waals surface area contributed by atoms with Crippen molar-refractivity contribution >= 4 is 17.5 Å². The minimum absolute atomic E-state index is 0.242. The lowest BCUT2D eigenvalue weighted by Gasteiger charge is -2.41. The summed E-state index contributed by atoms with van der Waals surface area (Å²) < 4.78 is 0. The van der Waals surface area contributed by atoms with Crippen molar-refractivity contribution in [1.29, 1.82) is 0 Å². The summed E-state index contributed by atoms with van der Waals surface area (Å²) in [7, 11) is 0. The second-order valence-corrected chi connectivity index (χ2v) is 5.34. The largest absolute Gasteiger partial charge is 0.274 e. The van der Waals surface area contributed by atoms with Crippen LogP contribution < -0.4 is 0 Å². The Balaban J connectivity index is 2.32. The zero-order valence-corrected chi connectivity index (χ0v) is 11.8. The van der Waals surface area contributed by atoms with Gasteiger partial charge in [-0.2, -0.15) is 0 Å². The fourth-order valence-corrected chi connectivity index (χ4v) is 2.15. The second-order valence-electron chi connectivity index (χ2n) is 5.34.